The van der Waals surface area contributed by atoms with Crippen LogP contribution in [-0.4, -0.2) is 59.4 Å². The second-order valence-corrected chi connectivity index (χ2v) is 7.42. The first-order chi connectivity index (χ1) is 10.2. The summed E-state index contributed by atoms with van der Waals surface area (Å²) in [4.78, 5) is 17.4. The summed E-state index contributed by atoms with van der Waals surface area (Å²) in [5.41, 5.74) is 3.18. The predicted molar refractivity (Wildman–Crippen MR) is 91.8 cm³/mol. The number of piperazine rings is 1. The first-order valence-corrected chi connectivity index (χ1v) is 8.41. The van der Waals surface area contributed by atoms with E-state index >= 15 is 0 Å². The number of rotatable bonds is 4. The number of carbonyl (C=O) groups excluding carboxylic acids is 1. The molecule has 0 unspecified atom stereocenters. The van der Waals surface area contributed by atoms with Crippen molar-refractivity contribution in [2.24, 2.45) is 0 Å². The summed E-state index contributed by atoms with van der Waals surface area (Å²) in [5.74, 6) is 0.258. The summed E-state index contributed by atoms with van der Waals surface area (Å²) < 4.78 is 2.27. The summed E-state index contributed by atoms with van der Waals surface area (Å²) in [5, 5.41) is 0. The minimum absolute atomic E-state index is 0.0133. The van der Waals surface area contributed by atoms with Gasteiger partial charge in [-0.15, -0.1) is 0 Å². The van der Waals surface area contributed by atoms with Gasteiger partial charge in [-0.1, -0.05) is 6.92 Å². The van der Waals surface area contributed by atoms with Crippen LogP contribution in [0.2, 0.25) is 0 Å². The van der Waals surface area contributed by atoms with E-state index in [0.29, 0.717) is 6.54 Å². The molecule has 0 spiro atoms. The second kappa shape index (κ2) is 6.55. The Bertz CT molecular complexity index is 531. The van der Waals surface area contributed by atoms with Crippen LogP contribution >= 0.6 is 0 Å². The van der Waals surface area contributed by atoms with Crippen LogP contribution in [0.5, 0.6) is 0 Å². The van der Waals surface area contributed by atoms with Gasteiger partial charge >= 0.3 is 0 Å². The lowest BCUT2D eigenvalue weighted by Crippen LogP contribution is -2.47. The van der Waals surface area contributed by atoms with Gasteiger partial charge in [0.25, 0.3) is 0 Å². The molecule has 0 radical (unpaired) electrons. The van der Waals surface area contributed by atoms with Gasteiger partial charge in [-0.2, -0.15) is 0 Å². The Hall–Kier alpha value is -1.13. The number of aromatic nitrogens is 1. The predicted octanol–water partition coefficient (Wildman–Crippen LogP) is 2.68. The van der Waals surface area contributed by atoms with Gasteiger partial charge in [0.15, 0.2) is 5.78 Å². The zero-order valence-electron chi connectivity index (χ0n) is 15.1. The third kappa shape index (κ3) is 3.61. The molecule has 4 nitrogen and oxygen atoms in total. The van der Waals surface area contributed by atoms with Crippen LogP contribution in [0.4, 0.5) is 0 Å². The van der Waals surface area contributed by atoms with Crippen molar-refractivity contribution in [3.63, 3.8) is 0 Å². The number of nitrogens with zero attached hydrogens (tertiary/aromatic N) is 3. The van der Waals surface area contributed by atoms with Gasteiger partial charge in [-0.3, -0.25) is 9.69 Å². The van der Waals surface area contributed by atoms with E-state index in [1.807, 2.05) is 0 Å². The van der Waals surface area contributed by atoms with Crippen molar-refractivity contribution in [3.05, 3.63) is 23.0 Å². The quantitative estimate of drug-likeness (QED) is 0.801. The number of carbonyl (C=O) groups is 1. The van der Waals surface area contributed by atoms with Gasteiger partial charge < -0.3 is 9.47 Å². The maximum absolute atomic E-state index is 12.7. The maximum atomic E-state index is 12.7. The molecule has 0 bridgehead atoms. The number of hydrogen-bond acceptors (Lipinski definition) is 3. The van der Waals surface area contributed by atoms with Crippen LogP contribution in [0.1, 0.15) is 49.4 Å². The molecule has 2 rings (SSSR count). The fourth-order valence-electron chi connectivity index (χ4n) is 3.63. The highest BCUT2D eigenvalue weighted by Crippen LogP contribution is 2.25. The second-order valence-electron chi connectivity index (χ2n) is 7.42. The van der Waals surface area contributed by atoms with E-state index in [2.05, 4.69) is 62.0 Å². The first kappa shape index (κ1) is 17.2. The molecule has 2 heterocycles. The molecule has 0 amide bonds. The van der Waals surface area contributed by atoms with Crippen LogP contribution in [0.25, 0.3) is 0 Å². The lowest BCUT2D eigenvalue weighted by molar-refractivity contribution is 0.0858. The van der Waals surface area contributed by atoms with Crippen molar-refractivity contribution in [2.45, 2.75) is 47.1 Å². The smallest absolute Gasteiger partial charge is 0.178 e. The molecule has 0 N–H and O–H groups in total. The molecule has 1 aliphatic heterocycles. The van der Waals surface area contributed by atoms with E-state index < -0.39 is 0 Å². The van der Waals surface area contributed by atoms with Crippen LogP contribution in [0, 0.1) is 13.8 Å². The van der Waals surface area contributed by atoms with E-state index in [1.54, 1.807) is 0 Å². The van der Waals surface area contributed by atoms with Crippen molar-refractivity contribution in [1.82, 2.24) is 14.4 Å². The van der Waals surface area contributed by atoms with E-state index in [9.17, 15) is 4.79 Å². The number of Topliss-reactive ketones (excluding diaryl/α,β-unsaturated/α-hetero) is 1. The third-order valence-electron chi connectivity index (χ3n) is 4.68. The lowest BCUT2D eigenvalue weighted by Gasteiger charge is -2.33. The van der Waals surface area contributed by atoms with E-state index in [-0.39, 0.29) is 11.3 Å². The summed E-state index contributed by atoms with van der Waals surface area (Å²) >= 11 is 0. The molecule has 0 aromatic carbocycles. The molecular formula is C18H31N3O. The van der Waals surface area contributed by atoms with Crippen molar-refractivity contribution in [1.29, 1.82) is 0 Å². The third-order valence-corrected chi connectivity index (χ3v) is 4.68. The van der Waals surface area contributed by atoms with E-state index in [1.165, 1.54) is 5.69 Å². The topological polar surface area (TPSA) is 28.5 Å². The molecule has 1 aromatic rings. The summed E-state index contributed by atoms with van der Waals surface area (Å²) in [6.45, 7) is 18.7. The molecule has 1 fully saturated rings. The standard InChI is InChI=1S/C18H31N3O/c1-7-19-8-10-20(11-9-19)13-17(22)16-12-14(2)21(15(16)3)18(4,5)6/h12H,7-11,13H2,1-6H3. The Morgan fingerprint density at radius 3 is 2.09 bits per heavy atom. The van der Waals surface area contributed by atoms with Crippen LogP contribution < -0.4 is 0 Å². The summed E-state index contributed by atoms with van der Waals surface area (Å²) in [6.07, 6.45) is 0. The molecule has 4 heteroatoms. The first-order valence-electron chi connectivity index (χ1n) is 8.41. The van der Waals surface area contributed by atoms with Gasteiger partial charge in [0.2, 0.25) is 0 Å². The summed E-state index contributed by atoms with van der Waals surface area (Å²) in [6, 6.07) is 2.06. The minimum Gasteiger partial charge on any atom is -0.343 e. The average molecular weight is 305 g/mol. The van der Waals surface area contributed by atoms with Gasteiger partial charge in [0, 0.05) is 48.7 Å². The summed E-state index contributed by atoms with van der Waals surface area (Å²) in [7, 11) is 0. The molecule has 0 aliphatic carbocycles. The van der Waals surface area contributed by atoms with Crippen molar-refractivity contribution in [2.75, 3.05) is 39.3 Å². The monoisotopic (exact) mass is 305 g/mol. The molecule has 22 heavy (non-hydrogen) atoms. The van der Waals surface area contributed by atoms with Gasteiger partial charge in [-0.05, 0) is 47.2 Å². The molecule has 0 atom stereocenters. The number of likely N-dealkylation sites (N-methyl/N-ethyl adjacent to an activating group) is 1. The van der Waals surface area contributed by atoms with Gasteiger partial charge in [0.1, 0.15) is 0 Å². The molecule has 1 aliphatic rings. The molecule has 0 saturated carbocycles. The lowest BCUT2D eigenvalue weighted by atomic mass is 10.1. The highest BCUT2D eigenvalue weighted by atomic mass is 16.1. The Kier molecular flexibility index (Phi) is 5.13. The van der Waals surface area contributed by atoms with Gasteiger partial charge in [0.05, 0.1) is 6.54 Å². The van der Waals surface area contributed by atoms with Crippen molar-refractivity contribution >= 4 is 5.78 Å². The van der Waals surface area contributed by atoms with Crippen LogP contribution in [0.3, 0.4) is 0 Å². The Labute approximate surface area is 135 Å². The maximum Gasteiger partial charge on any atom is 0.178 e. The number of hydrogen-bond donors (Lipinski definition) is 0. The molecular weight excluding hydrogens is 274 g/mol. The van der Waals surface area contributed by atoms with Crippen LogP contribution in [0.15, 0.2) is 6.07 Å². The van der Waals surface area contributed by atoms with Crippen molar-refractivity contribution in [3.8, 4) is 0 Å². The Morgan fingerprint density at radius 2 is 1.64 bits per heavy atom. The number of aryl methyl sites for hydroxylation is 1. The highest BCUT2D eigenvalue weighted by molar-refractivity contribution is 5.99. The minimum atomic E-state index is 0.0133. The normalized spacial score (nSPS) is 17.9. The number of ketones is 1. The van der Waals surface area contributed by atoms with Crippen molar-refractivity contribution < 1.29 is 4.79 Å². The zero-order valence-corrected chi connectivity index (χ0v) is 15.1. The molecule has 1 saturated heterocycles. The Morgan fingerprint density at radius 1 is 1.09 bits per heavy atom. The van der Waals surface area contributed by atoms with Crippen LogP contribution in [-0.2, 0) is 5.54 Å². The fraction of sp³-hybridized carbons (Fsp3) is 0.722. The largest absolute Gasteiger partial charge is 0.343 e. The van der Waals surface area contributed by atoms with E-state index in [0.717, 1.165) is 44.0 Å². The SMILES string of the molecule is CCN1CCN(CC(=O)c2cc(C)n(C(C)(C)C)c2C)CC1. The fourth-order valence-corrected chi connectivity index (χ4v) is 3.63. The highest BCUT2D eigenvalue weighted by Gasteiger charge is 2.24. The molecule has 1 aromatic heterocycles. The molecule has 124 valence electrons. The zero-order chi connectivity index (χ0) is 16.5. The van der Waals surface area contributed by atoms with E-state index in [4.69, 9.17) is 0 Å². The average Bonchev–Trinajstić information content (AvgIpc) is 2.74. The van der Waals surface area contributed by atoms with Gasteiger partial charge in [-0.25, -0.2) is 0 Å². The Balaban J connectivity index is 2.08.